The average molecular weight is 375 g/mol. The summed E-state index contributed by atoms with van der Waals surface area (Å²) in [7, 11) is 0. The number of piperidine rings is 1. The Balaban J connectivity index is 1.65. The lowest BCUT2D eigenvalue weighted by atomic mass is 10.0. The lowest BCUT2D eigenvalue weighted by molar-refractivity contribution is -0.122. The first-order valence-corrected chi connectivity index (χ1v) is 9.95. The van der Waals surface area contributed by atoms with Crippen LogP contribution < -0.4 is 11.1 Å². The van der Waals surface area contributed by atoms with Crippen LogP contribution in [0.2, 0.25) is 0 Å². The van der Waals surface area contributed by atoms with Crippen LogP contribution in [0.1, 0.15) is 49.5 Å². The Morgan fingerprint density at radius 1 is 1.46 bits per heavy atom. The van der Waals surface area contributed by atoms with Gasteiger partial charge in [-0.3, -0.25) is 14.5 Å². The van der Waals surface area contributed by atoms with E-state index < -0.39 is 5.91 Å². The smallest absolute Gasteiger partial charge is 0.265 e. The summed E-state index contributed by atoms with van der Waals surface area (Å²) < 4.78 is 0. The van der Waals surface area contributed by atoms with Gasteiger partial charge in [0.1, 0.15) is 5.69 Å². The predicted molar refractivity (Wildman–Crippen MR) is 103 cm³/mol. The van der Waals surface area contributed by atoms with Crippen molar-refractivity contribution in [1.82, 2.24) is 14.9 Å². The highest BCUT2D eigenvalue weighted by Gasteiger charge is 2.28. The molecule has 0 aliphatic carbocycles. The van der Waals surface area contributed by atoms with Crippen LogP contribution in [-0.2, 0) is 4.79 Å². The molecule has 2 amide bonds. The molecule has 1 aliphatic heterocycles. The largest absolute Gasteiger partial charge is 0.364 e. The number of thiazole rings is 1. The van der Waals surface area contributed by atoms with Gasteiger partial charge in [0.2, 0.25) is 5.91 Å². The number of anilines is 1. The summed E-state index contributed by atoms with van der Waals surface area (Å²) in [5, 5.41) is 5.40. The van der Waals surface area contributed by atoms with Crippen molar-refractivity contribution >= 4 is 28.3 Å². The van der Waals surface area contributed by atoms with Crippen LogP contribution in [0.5, 0.6) is 0 Å². The number of nitrogens with one attached hydrogen (secondary N) is 2. The zero-order valence-electron chi connectivity index (χ0n) is 15.0. The Morgan fingerprint density at radius 2 is 2.31 bits per heavy atom. The van der Waals surface area contributed by atoms with Crippen LogP contribution in [0, 0.1) is 0 Å². The lowest BCUT2D eigenvalue weighted by Crippen LogP contribution is -2.47. The number of hydrogen-bond acceptors (Lipinski definition) is 5. The third kappa shape index (κ3) is 4.31. The highest BCUT2D eigenvalue weighted by Crippen LogP contribution is 2.26. The van der Waals surface area contributed by atoms with Crippen LogP contribution >= 0.6 is 11.3 Å². The first kappa shape index (κ1) is 18.6. The minimum absolute atomic E-state index is 0.0218. The van der Waals surface area contributed by atoms with Crippen molar-refractivity contribution in [2.45, 2.75) is 45.1 Å². The molecule has 8 heteroatoms. The van der Waals surface area contributed by atoms with Crippen LogP contribution in [0.25, 0.3) is 11.3 Å². The molecule has 3 heterocycles. The molecule has 26 heavy (non-hydrogen) atoms. The second-order valence-corrected chi connectivity index (χ2v) is 7.45. The van der Waals surface area contributed by atoms with E-state index in [9.17, 15) is 9.59 Å². The second kappa shape index (κ2) is 8.46. The van der Waals surface area contributed by atoms with E-state index >= 15 is 0 Å². The molecule has 4 N–H and O–H groups in total. The lowest BCUT2D eigenvalue weighted by Gasteiger charge is -2.34. The van der Waals surface area contributed by atoms with Gasteiger partial charge in [-0.15, -0.1) is 11.3 Å². The third-order valence-electron chi connectivity index (χ3n) is 4.69. The maximum atomic E-state index is 12.7. The molecule has 0 saturated carbocycles. The van der Waals surface area contributed by atoms with Crippen LogP contribution in [-0.4, -0.2) is 45.8 Å². The van der Waals surface area contributed by atoms with Crippen molar-refractivity contribution in [3.63, 3.8) is 0 Å². The van der Waals surface area contributed by atoms with Gasteiger partial charge in [0.05, 0.1) is 11.7 Å². The standard InChI is InChI=1S/C18H25N5O2S/c1-2-3-7-23-8-5-4-6-15(23)17(25)22-18-21-14(11-26-18)12-9-13(16(19)24)20-10-12/h9-11,15,20H,2-8H2,1H3,(H2,19,24)(H,21,22,25)/t15-/m1/s1. The van der Waals surface area contributed by atoms with Crippen LogP contribution in [0.4, 0.5) is 5.13 Å². The van der Waals surface area contributed by atoms with Gasteiger partial charge in [-0.2, -0.15) is 0 Å². The number of H-pyrrole nitrogens is 1. The number of carbonyl (C=O) groups is 2. The molecule has 1 atom stereocenters. The summed E-state index contributed by atoms with van der Waals surface area (Å²) in [6.45, 7) is 4.12. The Labute approximate surface area is 157 Å². The number of nitrogens with two attached hydrogens (primary N) is 1. The Kier molecular flexibility index (Phi) is 6.05. The van der Waals surface area contributed by atoms with E-state index in [-0.39, 0.29) is 11.9 Å². The molecular formula is C18H25N5O2S. The van der Waals surface area contributed by atoms with Gasteiger partial charge < -0.3 is 16.0 Å². The van der Waals surface area contributed by atoms with Crippen molar-refractivity contribution in [3.05, 3.63) is 23.3 Å². The van der Waals surface area contributed by atoms with Gasteiger partial charge >= 0.3 is 0 Å². The number of unbranched alkanes of at least 4 members (excludes halogenated alkanes) is 1. The fourth-order valence-electron chi connectivity index (χ4n) is 3.25. The van der Waals surface area contributed by atoms with E-state index in [1.54, 1.807) is 12.3 Å². The maximum absolute atomic E-state index is 12.7. The van der Waals surface area contributed by atoms with Gasteiger partial charge in [0.25, 0.3) is 5.91 Å². The number of rotatable bonds is 7. The average Bonchev–Trinajstić information content (AvgIpc) is 3.29. The number of hydrogen-bond donors (Lipinski definition) is 3. The first-order valence-electron chi connectivity index (χ1n) is 9.07. The zero-order chi connectivity index (χ0) is 18.5. The molecule has 0 bridgehead atoms. The molecule has 0 spiro atoms. The summed E-state index contributed by atoms with van der Waals surface area (Å²) in [6, 6.07) is 1.59. The van der Waals surface area contributed by atoms with Crippen LogP contribution in [0.15, 0.2) is 17.6 Å². The highest BCUT2D eigenvalue weighted by atomic mass is 32.1. The molecule has 7 nitrogen and oxygen atoms in total. The first-order chi connectivity index (χ1) is 12.6. The van der Waals surface area contributed by atoms with Crippen LogP contribution in [0.3, 0.4) is 0 Å². The summed E-state index contributed by atoms with van der Waals surface area (Å²) in [5.41, 5.74) is 7.08. The minimum atomic E-state index is -0.510. The molecule has 0 radical (unpaired) electrons. The molecule has 2 aromatic rings. The monoisotopic (exact) mass is 375 g/mol. The van der Waals surface area contributed by atoms with E-state index in [0.717, 1.165) is 50.8 Å². The molecule has 1 aliphatic rings. The molecule has 2 aromatic heterocycles. The van der Waals surface area contributed by atoms with E-state index in [2.05, 4.69) is 27.1 Å². The summed E-state index contributed by atoms with van der Waals surface area (Å²) >= 11 is 1.38. The van der Waals surface area contributed by atoms with E-state index in [1.807, 2.05) is 5.38 Å². The van der Waals surface area contributed by atoms with Crippen molar-refractivity contribution in [2.24, 2.45) is 5.73 Å². The molecule has 0 unspecified atom stereocenters. The number of likely N-dealkylation sites (tertiary alicyclic amines) is 1. The van der Waals surface area contributed by atoms with E-state index in [1.165, 1.54) is 11.3 Å². The van der Waals surface area contributed by atoms with Crippen molar-refractivity contribution in [3.8, 4) is 11.3 Å². The molecule has 1 fully saturated rings. The van der Waals surface area contributed by atoms with Gasteiger partial charge in [0.15, 0.2) is 5.13 Å². The number of primary amides is 1. The fraction of sp³-hybridized carbons (Fsp3) is 0.500. The number of aromatic amines is 1. The number of nitrogens with zero attached hydrogens (tertiary/aromatic N) is 2. The maximum Gasteiger partial charge on any atom is 0.265 e. The highest BCUT2D eigenvalue weighted by molar-refractivity contribution is 7.14. The SMILES string of the molecule is CCCCN1CCCC[C@@H]1C(=O)Nc1nc(-c2c[nH]c(C(N)=O)c2)cs1. The van der Waals surface area contributed by atoms with E-state index in [0.29, 0.717) is 16.5 Å². The second-order valence-electron chi connectivity index (χ2n) is 6.59. The van der Waals surface area contributed by atoms with Gasteiger partial charge in [0, 0.05) is 17.1 Å². The fourth-order valence-corrected chi connectivity index (χ4v) is 3.98. The Hall–Kier alpha value is -2.19. The molecule has 140 valence electrons. The van der Waals surface area contributed by atoms with Gasteiger partial charge in [-0.25, -0.2) is 4.98 Å². The normalized spacial score (nSPS) is 18.0. The van der Waals surface area contributed by atoms with Gasteiger partial charge in [-0.05, 0) is 38.4 Å². The Bertz CT molecular complexity index is 769. The molecule has 1 saturated heterocycles. The third-order valence-corrected chi connectivity index (χ3v) is 5.45. The topological polar surface area (TPSA) is 104 Å². The van der Waals surface area contributed by atoms with Crippen molar-refractivity contribution in [2.75, 3.05) is 18.4 Å². The number of amides is 2. The summed E-state index contributed by atoms with van der Waals surface area (Å²) in [5.74, 6) is -0.488. The number of aromatic nitrogens is 2. The van der Waals surface area contributed by atoms with E-state index in [4.69, 9.17) is 5.73 Å². The predicted octanol–water partition coefficient (Wildman–Crippen LogP) is 2.83. The zero-order valence-corrected chi connectivity index (χ0v) is 15.8. The molecule has 3 rings (SSSR count). The summed E-state index contributed by atoms with van der Waals surface area (Å²) in [4.78, 5) is 33.5. The van der Waals surface area contributed by atoms with Crippen molar-refractivity contribution in [1.29, 1.82) is 0 Å². The molecular weight excluding hydrogens is 350 g/mol. The quantitative estimate of drug-likeness (QED) is 0.692. The Morgan fingerprint density at radius 3 is 3.04 bits per heavy atom. The molecule has 0 aromatic carbocycles. The number of carbonyl (C=O) groups excluding carboxylic acids is 2. The van der Waals surface area contributed by atoms with Crippen molar-refractivity contribution < 1.29 is 9.59 Å². The minimum Gasteiger partial charge on any atom is -0.364 e. The summed E-state index contributed by atoms with van der Waals surface area (Å²) in [6.07, 6.45) is 7.07. The van der Waals surface area contributed by atoms with Gasteiger partial charge in [-0.1, -0.05) is 19.8 Å².